The molecule has 122 valence electrons. The van der Waals surface area contributed by atoms with E-state index in [9.17, 15) is 4.79 Å². The Labute approximate surface area is 137 Å². The van der Waals surface area contributed by atoms with E-state index in [1.807, 2.05) is 12.1 Å². The maximum absolute atomic E-state index is 10.3. The molecular weight excluding hydrogens is 308 g/mol. The molecule has 1 N–H and O–H groups in total. The van der Waals surface area contributed by atoms with Gasteiger partial charge in [-0.05, 0) is 35.8 Å². The van der Waals surface area contributed by atoms with Gasteiger partial charge in [0.15, 0.2) is 8.32 Å². The third kappa shape index (κ3) is 4.01. The highest BCUT2D eigenvalue weighted by Crippen LogP contribution is 2.41. The fourth-order valence-electron chi connectivity index (χ4n) is 1.88. The van der Waals surface area contributed by atoms with Crippen LogP contribution in [0.15, 0.2) is 35.5 Å². The van der Waals surface area contributed by atoms with Gasteiger partial charge in [0.25, 0.3) is 0 Å². The molecule has 7 heteroatoms. The summed E-state index contributed by atoms with van der Waals surface area (Å²) in [7, 11) is -2.00. The number of aromatic nitrogens is 3. The lowest BCUT2D eigenvalue weighted by atomic mass is 10.1. The fourth-order valence-corrected chi connectivity index (χ4v) is 3.08. The predicted molar refractivity (Wildman–Crippen MR) is 90.7 cm³/mol. The monoisotopic (exact) mass is 330 g/mol. The molecule has 0 radical (unpaired) electrons. The van der Waals surface area contributed by atoms with E-state index in [1.165, 1.54) is 0 Å². The van der Waals surface area contributed by atoms with Crippen molar-refractivity contribution >= 4 is 20.1 Å². The lowest BCUT2D eigenvalue weighted by molar-refractivity contribution is 0.217. The van der Waals surface area contributed by atoms with Crippen LogP contribution in [0.2, 0.25) is 18.1 Å². The average Bonchev–Trinajstić information content (AvgIpc) is 2.99. The van der Waals surface area contributed by atoms with Gasteiger partial charge < -0.3 is 4.43 Å². The zero-order valence-corrected chi connectivity index (χ0v) is 15.1. The van der Waals surface area contributed by atoms with Gasteiger partial charge >= 0.3 is 0 Å². The first-order valence-electron chi connectivity index (χ1n) is 7.46. The number of hydrogen-bond donors (Lipinski definition) is 1. The molecule has 0 amide bonds. The molecule has 0 aliphatic heterocycles. The molecule has 1 aromatic carbocycles. The minimum absolute atomic E-state index is 0.0801. The molecule has 1 heterocycles. The third-order valence-corrected chi connectivity index (χ3v) is 8.73. The van der Waals surface area contributed by atoms with Crippen molar-refractivity contribution in [2.24, 2.45) is 4.99 Å². The number of hydrogen-bond acceptors (Lipinski definition) is 5. The van der Waals surface area contributed by atoms with E-state index in [0.717, 1.165) is 11.3 Å². The van der Waals surface area contributed by atoms with Crippen LogP contribution in [0.1, 0.15) is 38.1 Å². The second-order valence-electron chi connectivity index (χ2n) is 6.95. The summed E-state index contributed by atoms with van der Waals surface area (Å²) in [5.41, 5.74) is 2.25. The van der Waals surface area contributed by atoms with Gasteiger partial charge in [0.1, 0.15) is 11.8 Å². The first kappa shape index (κ1) is 17.3. The largest absolute Gasteiger partial charge is 0.404 e. The van der Waals surface area contributed by atoms with E-state index in [4.69, 9.17) is 4.43 Å². The summed E-state index contributed by atoms with van der Waals surface area (Å²) < 4.78 is 6.54. The topological polar surface area (TPSA) is 80.2 Å². The molecule has 0 fully saturated rings. The van der Waals surface area contributed by atoms with Crippen LogP contribution in [-0.4, -0.2) is 29.8 Å². The molecule has 0 spiro atoms. The number of isocyanates is 1. The molecule has 0 aliphatic rings. The van der Waals surface area contributed by atoms with Crippen molar-refractivity contribution in [1.29, 1.82) is 0 Å². The van der Waals surface area contributed by atoms with Crippen molar-refractivity contribution < 1.29 is 9.22 Å². The van der Waals surface area contributed by atoms with Crippen LogP contribution in [-0.2, 0) is 9.22 Å². The number of aliphatic imine (C=N–C) groups is 1. The highest BCUT2D eigenvalue weighted by molar-refractivity contribution is 6.74. The molecular formula is C16H22N4O2Si. The number of carbonyl (C=O) groups excluding carboxylic acids is 1. The van der Waals surface area contributed by atoms with E-state index in [1.54, 1.807) is 24.4 Å². The second kappa shape index (κ2) is 6.58. The van der Waals surface area contributed by atoms with Gasteiger partial charge in [0.2, 0.25) is 6.08 Å². The predicted octanol–water partition coefficient (Wildman–Crippen LogP) is 3.88. The standard InChI is InChI=1S/C16H22N4O2Si/c1-16(2,3)23(4,5)22-15(14-10-18-20-19-14)12-6-8-13(9-7-12)17-11-21/h6-10,15H,1-5H3,(H,18,19,20). The van der Waals surface area contributed by atoms with Crippen LogP contribution in [0.5, 0.6) is 0 Å². The van der Waals surface area contributed by atoms with Crippen LogP contribution >= 0.6 is 0 Å². The molecule has 1 unspecified atom stereocenters. The third-order valence-electron chi connectivity index (χ3n) is 4.29. The van der Waals surface area contributed by atoms with Crippen LogP contribution < -0.4 is 0 Å². The van der Waals surface area contributed by atoms with E-state index >= 15 is 0 Å². The number of nitrogens with one attached hydrogen (secondary N) is 1. The number of nitrogens with zero attached hydrogens (tertiary/aromatic N) is 3. The van der Waals surface area contributed by atoms with Gasteiger partial charge in [-0.1, -0.05) is 32.9 Å². The Morgan fingerprint density at radius 2 is 1.91 bits per heavy atom. The van der Waals surface area contributed by atoms with Gasteiger partial charge in [-0.2, -0.15) is 20.4 Å². The van der Waals surface area contributed by atoms with Crippen LogP contribution in [0.4, 0.5) is 5.69 Å². The Morgan fingerprint density at radius 1 is 1.26 bits per heavy atom. The molecule has 1 aromatic heterocycles. The normalized spacial score (nSPS) is 13.4. The Bertz CT molecular complexity index is 684. The summed E-state index contributed by atoms with van der Waals surface area (Å²) in [6, 6.07) is 7.32. The first-order valence-corrected chi connectivity index (χ1v) is 10.4. The SMILES string of the molecule is CC(C)(C)[Si](C)(C)OC(c1ccc(N=C=O)cc1)c1cn[nH]n1. The Balaban J connectivity index is 2.38. The van der Waals surface area contributed by atoms with Crippen LogP contribution in [0, 0.1) is 0 Å². The molecule has 6 nitrogen and oxygen atoms in total. The van der Waals surface area contributed by atoms with Crippen LogP contribution in [0.25, 0.3) is 0 Å². The van der Waals surface area contributed by atoms with Gasteiger partial charge in [0.05, 0.1) is 11.9 Å². The Morgan fingerprint density at radius 3 is 2.39 bits per heavy atom. The van der Waals surface area contributed by atoms with Crippen molar-refractivity contribution in [3.05, 3.63) is 41.7 Å². The van der Waals surface area contributed by atoms with Crippen molar-refractivity contribution in [1.82, 2.24) is 15.4 Å². The van der Waals surface area contributed by atoms with E-state index in [-0.39, 0.29) is 11.1 Å². The summed E-state index contributed by atoms with van der Waals surface area (Å²) in [6.07, 6.45) is 2.92. The van der Waals surface area contributed by atoms with Gasteiger partial charge in [-0.25, -0.2) is 4.79 Å². The van der Waals surface area contributed by atoms with Crippen molar-refractivity contribution in [2.75, 3.05) is 0 Å². The average molecular weight is 330 g/mol. The summed E-state index contributed by atoms with van der Waals surface area (Å²) in [4.78, 5) is 14.0. The summed E-state index contributed by atoms with van der Waals surface area (Å²) in [6.45, 7) is 11.0. The minimum atomic E-state index is -2.00. The van der Waals surface area contributed by atoms with Crippen molar-refractivity contribution in [2.45, 2.75) is 45.0 Å². The quantitative estimate of drug-likeness (QED) is 0.512. The number of rotatable bonds is 5. The first-order chi connectivity index (χ1) is 10.7. The fraction of sp³-hybridized carbons (Fsp3) is 0.438. The Kier molecular flexibility index (Phi) is 4.94. The van der Waals surface area contributed by atoms with E-state index in [2.05, 4.69) is 54.3 Å². The zero-order valence-electron chi connectivity index (χ0n) is 14.1. The highest BCUT2D eigenvalue weighted by atomic mass is 28.4. The maximum atomic E-state index is 10.3. The lowest BCUT2D eigenvalue weighted by Gasteiger charge is -2.39. The molecule has 0 aliphatic carbocycles. The van der Waals surface area contributed by atoms with E-state index in [0.29, 0.717) is 5.69 Å². The van der Waals surface area contributed by atoms with Crippen molar-refractivity contribution in [3.8, 4) is 0 Å². The summed E-state index contributed by atoms with van der Waals surface area (Å²) >= 11 is 0. The molecule has 0 bridgehead atoms. The smallest absolute Gasteiger partial charge is 0.240 e. The molecule has 1 atom stereocenters. The number of benzene rings is 1. The molecule has 2 aromatic rings. The maximum Gasteiger partial charge on any atom is 0.240 e. The van der Waals surface area contributed by atoms with Crippen LogP contribution in [0.3, 0.4) is 0 Å². The zero-order chi connectivity index (χ0) is 17.1. The minimum Gasteiger partial charge on any atom is -0.404 e. The van der Waals surface area contributed by atoms with Gasteiger partial charge in [-0.15, -0.1) is 0 Å². The Hall–Kier alpha value is -2.08. The number of aromatic amines is 1. The van der Waals surface area contributed by atoms with Gasteiger partial charge in [-0.3, -0.25) is 0 Å². The molecule has 0 saturated carbocycles. The molecule has 0 saturated heterocycles. The summed E-state index contributed by atoms with van der Waals surface area (Å²) in [5, 5.41) is 10.8. The molecule has 2 rings (SSSR count). The summed E-state index contributed by atoms with van der Waals surface area (Å²) in [5.74, 6) is 0. The number of H-pyrrole nitrogens is 1. The lowest BCUT2D eigenvalue weighted by Crippen LogP contribution is -2.42. The van der Waals surface area contributed by atoms with Gasteiger partial charge in [0, 0.05) is 0 Å². The second-order valence-corrected chi connectivity index (χ2v) is 11.7. The van der Waals surface area contributed by atoms with Crippen molar-refractivity contribution in [3.63, 3.8) is 0 Å². The highest BCUT2D eigenvalue weighted by Gasteiger charge is 2.40. The van der Waals surface area contributed by atoms with E-state index < -0.39 is 8.32 Å². The molecule has 23 heavy (non-hydrogen) atoms.